The normalized spacial score (nSPS) is 12.6. The minimum absolute atomic E-state index is 0.277. The van der Waals surface area contributed by atoms with Gasteiger partial charge in [-0.15, -0.1) is 0 Å². The van der Waals surface area contributed by atoms with Crippen LogP contribution in [0.15, 0.2) is 29.2 Å². The highest BCUT2D eigenvalue weighted by molar-refractivity contribution is 7.89. The SMILES string of the molecule is CCNCCc1ccc(S(=O)(=O)NC(C)(C)COC)cc1. The highest BCUT2D eigenvalue weighted by Gasteiger charge is 2.26. The molecule has 0 saturated heterocycles. The fourth-order valence-electron chi connectivity index (χ4n) is 2.06. The molecule has 6 heteroatoms. The molecule has 0 amide bonds. The molecule has 0 heterocycles. The largest absolute Gasteiger partial charge is 0.383 e. The van der Waals surface area contributed by atoms with Crippen molar-refractivity contribution in [2.45, 2.75) is 37.6 Å². The Morgan fingerprint density at radius 3 is 2.33 bits per heavy atom. The predicted octanol–water partition coefficient (Wildman–Crippen LogP) is 1.54. The summed E-state index contributed by atoms with van der Waals surface area (Å²) in [7, 11) is -1.98. The van der Waals surface area contributed by atoms with Crippen LogP contribution in [0.4, 0.5) is 0 Å². The van der Waals surface area contributed by atoms with Crippen molar-refractivity contribution in [1.29, 1.82) is 0 Å². The second-order valence-corrected chi connectivity index (χ2v) is 7.35. The third kappa shape index (κ3) is 6.13. The molecule has 2 N–H and O–H groups in total. The van der Waals surface area contributed by atoms with Gasteiger partial charge in [0.1, 0.15) is 0 Å². The van der Waals surface area contributed by atoms with Gasteiger partial charge in [-0.25, -0.2) is 13.1 Å². The summed E-state index contributed by atoms with van der Waals surface area (Å²) in [5.74, 6) is 0. The Labute approximate surface area is 128 Å². The van der Waals surface area contributed by atoms with Crippen molar-refractivity contribution in [2.24, 2.45) is 0 Å². The van der Waals surface area contributed by atoms with E-state index < -0.39 is 15.6 Å². The smallest absolute Gasteiger partial charge is 0.241 e. The lowest BCUT2D eigenvalue weighted by Gasteiger charge is -2.24. The Balaban J connectivity index is 2.75. The highest BCUT2D eigenvalue weighted by atomic mass is 32.2. The summed E-state index contributed by atoms with van der Waals surface area (Å²) in [6, 6.07) is 7.00. The zero-order valence-corrected chi connectivity index (χ0v) is 14.1. The Morgan fingerprint density at radius 2 is 1.81 bits per heavy atom. The van der Waals surface area contributed by atoms with E-state index >= 15 is 0 Å². The van der Waals surface area contributed by atoms with E-state index in [0.717, 1.165) is 25.1 Å². The predicted molar refractivity (Wildman–Crippen MR) is 85.0 cm³/mol. The highest BCUT2D eigenvalue weighted by Crippen LogP contribution is 2.14. The maximum atomic E-state index is 12.3. The first kappa shape index (κ1) is 18.1. The van der Waals surface area contributed by atoms with Crippen molar-refractivity contribution >= 4 is 10.0 Å². The van der Waals surface area contributed by atoms with Gasteiger partial charge in [-0.05, 0) is 51.1 Å². The van der Waals surface area contributed by atoms with Crippen molar-refractivity contribution in [3.63, 3.8) is 0 Å². The number of rotatable bonds is 9. The number of ether oxygens (including phenoxy) is 1. The molecule has 0 saturated carbocycles. The Morgan fingerprint density at radius 1 is 1.19 bits per heavy atom. The van der Waals surface area contributed by atoms with Crippen molar-refractivity contribution in [1.82, 2.24) is 10.0 Å². The summed E-state index contributed by atoms with van der Waals surface area (Å²) in [4.78, 5) is 0.277. The summed E-state index contributed by atoms with van der Waals surface area (Å²) < 4.78 is 32.3. The molecule has 0 atom stereocenters. The molecule has 120 valence electrons. The van der Waals surface area contributed by atoms with Crippen molar-refractivity contribution in [3.05, 3.63) is 29.8 Å². The summed E-state index contributed by atoms with van der Waals surface area (Å²) in [6.45, 7) is 7.78. The molecule has 1 rings (SSSR count). The van der Waals surface area contributed by atoms with E-state index in [1.807, 2.05) is 12.1 Å². The summed E-state index contributed by atoms with van der Waals surface area (Å²) >= 11 is 0. The van der Waals surface area contributed by atoms with Crippen LogP contribution in [0.2, 0.25) is 0 Å². The monoisotopic (exact) mass is 314 g/mol. The van der Waals surface area contributed by atoms with Gasteiger partial charge in [0.05, 0.1) is 17.0 Å². The summed E-state index contributed by atoms with van der Waals surface area (Å²) in [5, 5.41) is 3.24. The number of hydrogen-bond acceptors (Lipinski definition) is 4. The van der Waals surface area contributed by atoms with E-state index in [4.69, 9.17) is 4.74 Å². The Hall–Kier alpha value is -0.950. The molecule has 0 aliphatic heterocycles. The van der Waals surface area contributed by atoms with Crippen LogP contribution in [0.5, 0.6) is 0 Å². The van der Waals surface area contributed by atoms with Crippen LogP contribution in [0.1, 0.15) is 26.3 Å². The van der Waals surface area contributed by atoms with Crippen LogP contribution in [-0.4, -0.2) is 40.8 Å². The molecule has 5 nitrogen and oxygen atoms in total. The molecule has 0 aliphatic carbocycles. The van der Waals surface area contributed by atoms with E-state index in [2.05, 4.69) is 17.0 Å². The topological polar surface area (TPSA) is 67.4 Å². The van der Waals surface area contributed by atoms with Gasteiger partial charge in [0.25, 0.3) is 0 Å². The molecule has 0 fully saturated rings. The first-order chi connectivity index (χ1) is 9.80. The summed E-state index contributed by atoms with van der Waals surface area (Å²) in [6.07, 6.45) is 0.886. The maximum absolute atomic E-state index is 12.3. The van der Waals surface area contributed by atoms with Crippen molar-refractivity contribution in [2.75, 3.05) is 26.8 Å². The molecule has 0 aromatic heterocycles. The number of methoxy groups -OCH3 is 1. The molecule has 0 radical (unpaired) electrons. The van der Waals surface area contributed by atoms with E-state index in [1.54, 1.807) is 33.1 Å². The molecule has 0 spiro atoms. The average Bonchev–Trinajstić information content (AvgIpc) is 2.38. The van der Waals surface area contributed by atoms with Crippen LogP contribution in [0.25, 0.3) is 0 Å². The molecule has 0 unspecified atom stereocenters. The second-order valence-electron chi connectivity index (χ2n) is 5.67. The van der Waals surface area contributed by atoms with Crippen LogP contribution in [0.3, 0.4) is 0 Å². The third-order valence-electron chi connectivity index (χ3n) is 2.99. The minimum Gasteiger partial charge on any atom is -0.383 e. The lowest BCUT2D eigenvalue weighted by Crippen LogP contribution is -2.46. The standard InChI is InChI=1S/C15H26N2O3S/c1-5-16-11-10-13-6-8-14(9-7-13)21(18,19)17-15(2,3)12-20-4/h6-9,16-17H,5,10-12H2,1-4H3. The number of likely N-dealkylation sites (N-methyl/N-ethyl adjacent to an activating group) is 1. The zero-order chi connectivity index (χ0) is 15.9. The first-order valence-corrected chi connectivity index (χ1v) is 8.61. The number of sulfonamides is 1. The fourth-order valence-corrected chi connectivity index (χ4v) is 3.46. The van der Waals surface area contributed by atoms with E-state index in [1.165, 1.54) is 0 Å². The molecular weight excluding hydrogens is 288 g/mol. The second kappa shape index (κ2) is 7.89. The van der Waals surface area contributed by atoms with Gasteiger partial charge in [0, 0.05) is 7.11 Å². The first-order valence-electron chi connectivity index (χ1n) is 7.13. The molecule has 0 aliphatic rings. The van der Waals surface area contributed by atoms with E-state index in [-0.39, 0.29) is 4.90 Å². The minimum atomic E-state index is -3.53. The van der Waals surface area contributed by atoms with Gasteiger partial charge in [0.15, 0.2) is 0 Å². The van der Waals surface area contributed by atoms with Crippen LogP contribution < -0.4 is 10.0 Å². The maximum Gasteiger partial charge on any atom is 0.241 e. The van der Waals surface area contributed by atoms with Gasteiger partial charge < -0.3 is 10.1 Å². The van der Waals surface area contributed by atoms with Crippen molar-refractivity contribution in [3.8, 4) is 0 Å². The molecule has 1 aromatic rings. The van der Waals surface area contributed by atoms with Crippen LogP contribution in [-0.2, 0) is 21.2 Å². The summed E-state index contributed by atoms with van der Waals surface area (Å²) in [5.41, 5.74) is 0.475. The molecule has 0 bridgehead atoms. The molecule has 21 heavy (non-hydrogen) atoms. The van der Waals surface area contributed by atoms with Gasteiger partial charge in [-0.1, -0.05) is 19.1 Å². The Bertz CT molecular complexity index is 524. The molecular formula is C15H26N2O3S. The quantitative estimate of drug-likeness (QED) is 0.679. The van der Waals surface area contributed by atoms with Gasteiger partial charge >= 0.3 is 0 Å². The number of hydrogen-bond donors (Lipinski definition) is 2. The van der Waals surface area contributed by atoms with Gasteiger partial charge in [-0.2, -0.15) is 0 Å². The lowest BCUT2D eigenvalue weighted by molar-refractivity contribution is 0.141. The van der Waals surface area contributed by atoms with E-state index in [9.17, 15) is 8.42 Å². The van der Waals surface area contributed by atoms with Gasteiger partial charge in [0.2, 0.25) is 10.0 Å². The third-order valence-corrected chi connectivity index (χ3v) is 4.70. The van der Waals surface area contributed by atoms with Crippen LogP contribution in [0, 0.1) is 0 Å². The van der Waals surface area contributed by atoms with Crippen molar-refractivity contribution < 1.29 is 13.2 Å². The molecule has 1 aromatic carbocycles. The lowest BCUT2D eigenvalue weighted by atomic mass is 10.1. The fraction of sp³-hybridized carbons (Fsp3) is 0.600. The average molecular weight is 314 g/mol. The van der Waals surface area contributed by atoms with E-state index in [0.29, 0.717) is 6.61 Å². The van der Waals surface area contributed by atoms with Crippen LogP contribution >= 0.6 is 0 Å². The van der Waals surface area contributed by atoms with Gasteiger partial charge in [-0.3, -0.25) is 0 Å². The number of nitrogens with one attached hydrogen (secondary N) is 2. The number of benzene rings is 1. The Kier molecular flexibility index (Phi) is 6.80. The zero-order valence-electron chi connectivity index (χ0n) is 13.3.